The molecule has 2 amide bonds. The normalized spacial score (nSPS) is 20.8. The van der Waals surface area contributed by atoms with Crippen molar-refractivity contribution < 1.29 is 19.1 Å². The molecule has 0 spiro atoms. The lowest BCUT2D eigenvalue weighted by molar-refractivity contribution is -0.160. The van der Waals surface area contributed by atoms with E-state index >= 15 is 0 Å². The second kappa shape index (κ2) is 9.84. The summed E-state index contributed by atoms with van der Waals surface area (Å²) in [5.41, 5.74) is 6.35. The second-order valence-corrected chi connectivity index (χ2v) is 9.84. The molecule has 1 fully saturated rings. The summed E-state index contributed by atoms with van der Waals surface area (Å²) in [7, 11) is 1.62. The average Bonchev–Trinajstić information content (AvgIpc) is 3.36. The maximum absolute atomic E-state index is 13.9. The molecule has 2 atom stereocenters. The van der Waals surface area contributed by atoms with Crippen molar-refractivity contribution in [2.75, 3.05) is 5.75 Å². The number of nitrogens with zero attached hydrogens (tertiary/aromatic N) is 5. The molecule has 37 heavy (non-hydrogen) atoms. The molecular weight excluding hydrogens is 514 g/mol. The molecule has 2 aliphatic heterocycles. The molecule has 1 saturated heterocycles. The van der Waals surface area contributed by atoms with E-state index in [0.29, 0.717) is 12.0 Å². The molecule has 2 aromatic carbocycles. The number of ether oxygens (including phenoxy) is 1. The molecule has 0 bridgehead atoms. The molecule has 0 saturated carbocycles. The van der Waals surface area contributed by atoms with Gasteiger partial charge in [-0.3, -0.25) is 20.2 Å². The summed E-state index contributed by atoms with van der Waals surface area (Å²) in [5, 5.41) is 13.0. The zero-order valence-electron chi connectivity index (χ0n) is 19.5. The number of β-lactam (4-membered cyclic amide) rings is 1. The Morgan fingerprint density at radius 1 is 1.22 bits per heavy atom. The van der Waals surface area contributed by atoms with Gasteiger partial charge < -0.3 is 10.1 Å². The fraction of sp³-hybridized carbons (Fsp3) is 0.208. The van der Waals surface area contributed by atoms with Crippen LogP contribution in [-0.4, -0.2) is 65.0 Å². The number of nitrogens with one attached hydrogen (secondary N) is 1. The van der Waals surface area contributed by atoms with Crippen LogP contribution >= 0.6 is 24.0 Å². The highest BCUT2D eigenvalue weighted by Crippen LogP contribution is 2.45. The summed E-state index contributed by atoms with van der Waals surface area (Å²) in [5.74, 6) is -0.950. The molecule has 2 aliphatic rings. The van der Waals surface area contributed by atoms with Gasteiger partial charge in [0.05, 0.1) is 4.86 Å². The third-order valence-corrected chi connectivity index (χ3v) is 7.91. The van der Waals surface area contributed by atoms with Crippen molar-refractivity contribution in [2.24, 2.45) is 12.8 Å². The highest BCUT2D eigenvalue weighted by molar-refractivity contribution is 8.00. The van der Waals surface area contributed by atoms with Crippen LogP contribution in [0.4, 0.5) is 0 Å². The zero-order chi connectivity index (χ0) is 26.2. The van der Waals surface area contributed by atoms with E-state index in [4.69, 9.17) is 22.7 Å². The Labute approximate surface area is 221 Å². The highest BCUT2D eigenvalue weighted by Gasteiger charge is 2.63. The number of thiocarbonyl (C=S) groups is 1. The molecular formula is C24H21N7O4S2. The SMILES string of the molecule is Cn1nnnc1C(=S)C1=C(C(=O)OC(c2ccccc2)c2ccccc2)N2C(=O)[C@](N)(NC=O)[C@@H]2SC1. The number of esters is 1. The van der Waals surface area contributed by atoms with Gasteiger partial charge in [-0.2, -0.15) is 0 Å². The van der Waals surface area contributed by atoms with Gasteiger partial charge in [0.2, 0.25) is 12.1 Å². The van der Waals surface area contributed by atoms with Crippen molar-refractivity contribution in [3.63, 3.8) is 0 Å². The van der Waals surface area contributed by atoms with Gasteiger partial charge in [0.1, 0.15) is 11.1 Å². The fourth-order valence-electron chi connectivity index (χ4n) is 4.28. The van der Waals surface area contributed by atoms with Crippen molar-refractivity contribution in [2.45, 2.75) is 17.1 Å². The van der Waals surface area contributed by atoms with Crippen molar-refractivity contribution >= 4 is 47.1 Å². The van der Waals surface area contributed by atoms with Gasteiger partial charge in [-0.25, -0.2) is 9.48 Å². The highest BCUT2D eigenvalue weighted by atomic mass is 32.2. The van der Waals surface area contributed by atoms with Gasteiger partial charge >= 0.3 is 5.97 Å². The van der Waals surface area contributed by atoms with E-state index in [1.807, 2.05) is 60.7 Å². The van der Waals surface area contributed by atoms with Crippen LogP contribution in [0.1, 0.15) is 23.1 Å². The van der Waals surface area contributed by atoms with Gasteiger partial charge in [-0.05, 0) is 21.6 Å². The molecule has 3 N–H and O–H groups in total. The summed E-state index contributed by atoms with van der Waals surface area (Å²) in [6, 6.07) is 18.5. The maximum atomic E-state index is 13.9. The Kier molecular flexibility index (Phi) is 6.58. The van der Waals surface area contributed by atoms with Gasteiger partial charge in [0.25, 0.3) is 5.91 Å². The van der Waals surface area contributed by atoms with E-state index in [1.165, 1.54) is 21.3 Å². The van der Waals surface area contributed by atoms with Crippen LogP contribution in [0, 0.1) is 0 Å². The second-order valence-electron chi connectivity index (χ2n) is 8.36. The monoisotopic (exact) mass is 535 g/mol. The molecule has 0 aliphatic carbocycles. The van der Waals surface area contributed by atoms with Crippen LogP contribution in [0.15, 0.2) is 71.9 Å². The standard InChI is InChI=1S/C24H21N7O4S2/c1-30-20(27-28-29-30)19(36)16-12-37-23-24(25,26-13-32)22(34)31(23)17(16)21(33)35-18(14-8-4-2-5-9-14)15-10-6-3-7-11-15/h2-11,13,18,23H,12,25H2,1H3,(H,26,32)/t23-,24-/m0/s1. The molecule has 1 aromatic heterocycles. The van der Waals surface area contributed by atoms with E-state index in [-0.39, 0.29) is 22.1 Å². The Morgan fingerprint density at radius 3 is 2.38 bits per heavy atom. The summed E-state index contributed by atoms with van der Waals surface area (Å²) in [6.07, 6.45) is -0.391. The molecule has 5 rings (SSSR count). The van der Waals surface area contributed by atoms with Crippen LogP contribution in [0.25, 0.3) is 0 Å². The van der Waals surface area contributed by atoms with Crippen molar-refractivity contribution in [3.05, 3.63) is 88.9 Å². The minimum absolute atomic E-state index is 0.0487. The van der Waals surface area contributed by atoms with E-state index in [2.05, 4.69) is 20.8 Å². The van der Waals surface area contributed by atoms with E-state index < -0.39 is 29.0 Å². The number of tetrazole rings is 1. The number of rotatable bonds is 8. The first-order chi connectivity index (χ1) is 17.9. The summed E-state index contributed by atoms with van der Waals surface area (Å²) < 4.78 is 7.45. The number of carbonyl (C=O) groups excluding carboxylic acids is 3. The number of aryl methyl sites for hydroxylation is 1. The molecule has 3 aromatic rings. The number of nitrogens with two attached hydrogens (primary N) is 1. The first kappa shape index (κ1) is 24.7. The Hall–Kier alpha value is -3.94. The number of thioether (sulfide) groups is 1. The van der Waals surface area contributed by atoms with Crippen LogP contribution in [-0.2, 0) is 26.2 Å². The number of hydrogen-bond acceptors (Lipinski definition) is 10. The summed E-state index contributed by atoms with van der Waals surface area (Å²) in [6.45, 7) is 0. The van der Waals surface area contributed by atoms with E-state index in [9.17, 15) is 14.4 Å². The Balaban J connectivity index is 1.58. The van der Waals surface area contributed by atoms with Gasteiger partial charge in [-0.1, -0.05) is 72.9 Å². The van der Waals surface area contributed by atoms with E-state index in [1.54, 1.807) is 7.05 Å². The number of hydrogen-bond donors (Lipinski definition) is 2. The first-order valence-electron chi connectivity index (χ1n) is 11.1. The number of carbonyl (C=O) groups is 3. The molecule has 3 heterocycles. The largest absolute Gasteiger partial charge is 0.448 e. The zero-order valence-corrected chi connectivity index (χ0v) is 21.1. The van der Waals surface area contributed by atoms with Crippen LogP contribution in [0.3, 0.4) is 0 Å². The minimum Gasteiger partial charge on any atom is -0.448 e. The third kappa shape index (κ3) is 4.20. The predicted molar refractivity (Wildman–Crippen MR) is 138 cm³/mol. The van der Waals surface area contributed by atoms with Gasteiger partial charge in [0, 0.05) is 18.4 Å². The summed E-state index contributed by atoms with van der Waals surface area (Å²) in [4.78, 5) is 39.7. The fourth-order valence-corrected chi connectivity index (χ4v) is 6.10. The Morgan fingerprint density at radius 2 is 1.84 bits per heavy atom. The number of aromatic nitrogens is 4. The molecule has 11 nitrogen and oxygen atoms in total. The van der Waals surface area contributed by atoms with Crippen LogP contribution < -0.4 is 11.1 Å². The summed E-state index contributed by atoms with van der Waals surface area (Å²) >= 11 is 6.92. The molecule has 0 radical (unpaired) electrons. The average molecular weight is 536 g/mol. The van der Waals surface area contributed by atoms with Gasteiger partial charge in [0.15, 0.2) is 11.9 Å². The lowest BCUT2D eigenvalue weighted by Crippen LogP contribution is -2.83. The smallest absolute Gasteiger partial charge is 0.356 e. The molecule has 188 valence electrons. The first-order valence-corrected chi connectivity index (χ1v) is 12.6. The predicted octanol–water partition coefficient (Wildman–Crippen LogP) is 0.831. The molecule has 0 unspecified atom stereocenters. The lowest BCUT2D eigenvalue weighted by Gasteiger charge is -2.55. The topological polar surface area (TPSA) is 145 Å². The van der Waals surface area contributed by atoms with Crippen molar-refractivity contribution in [1.82, 2.24) is 30.4 Å². The maximum Gasteiger partial charge on any atom is 0.356 e. The molecule has 13 heteroatoms. The number of benzene rings is 2. The van der Waals surface area contributed by atoms with E-state index in [0.717, 1.165) is 11.1 Å². The van der Waals surface area contributed by atoms with Crippen LogP contribution in [0.5, 0.6) is 0 Å². The lowest BCUT2D eigenvalue weighted by atomic mass is 9.95. The minimum atomic E-state index is -1.66. The quantitative estimate of drug-likeness (QED) is 0.106. The van der Waals surface area contributed by atoms with Gasteiger partial charge in [-0.15, -0.1) is 16.9 Å². The van der Waals surface area contributed by atoms with Crippen LogP contribution in [0.2, 0.25) is 0 Å². The third-order valence-electron chi connectivity index (χ3n) is 6.13. The van der Waals surface area contributed by atoms with Crippen molar-refractivity contribution in [3.8, 4) is 0 Å². The number of amides is 2. The number of fused-ring (bicyclic) bond motifs is 1. The van der Waals surface area contributed by atoms with Crippen molar-refractivity contribution in [1.29, 1.82) is 0 Å². The Bertz CT molecular complexity index is 1370.